The average Bonchev–Trinajstić information content (AvgIpc) is 3.00. The lowest BCUT2D eigenvalue weighted by atomic mass is 9.70. The number of allylic oxidation sites excluding steroid dienone is 4. The van der Waals surface area contributed by atoms with Gasteiger partial charge in [-0.15, -0.1) is 0 Å². The Morgan fingerprint density at radius 2 is 1.00 bits per heavy atom. The first-order valence-electron chi connectivity index (χ1n) is 8.49. The molecule has 24 heavy (non-hydrogen) atoms. The molecule has 0 fully saturated rings. The highest BCUT2D eigenvalue weighted by Gasteiger charge is 2.55. The van der Waals surface area contributed by atoms with Gasteiger partial charge in [0, 0.05) is 20.6 Å². The highest BCUT2D eigenvalue weighted by Crippen LogP contribution is 2.68. The van der Waals surface area contributed by atoms with Crippen LogP contribution in [-0.2, 0) is 0 Å². The lowest BCUT2D eigenvalue weighted by Crippen LogP contribution is -2.31. The Balaban J connectivity index is 1.57. The van der Waals surface area contributed by atoms with Gasteiger partial charge in [-0.2, -0.15) is 0 Å². The van der Waals surface area contributed by atoms with Crippen molar-refractivity contribution in [1.29, 1.82) is 0 Å². The number of fused-ring (bicyclic) bond motifs is 1. The maximum Gasteiger partial charge on any atom is 0.0122 e. The Hall–Kier alpha value is -1.38. The van der Waals surface area contributed by atoms with E-state index in [1.165, 1.54) is 19.6 Å². The molecule has 0 spiro atoms. The summed E-state index contributed by atoms with van der Waals surface area (Å²) in [6.45, 7) is 4.91. The lowest BCUT2D eigenvalue weighted by Gasteiger charge is -2.39. The van der Waals surface area contributed by atoms with Crippen LogP contribution in [0, 0.1) is 10.8 Å². The molecule has 2 aromatic rings. The van der Waals surface area contributed by atoms with Crippen LogP contribution in [0.5, 0.6) is 0 Å². The van der Waals surface area contributed by atoms with E-state index in [1.54, 1.807) is 0 Å². The summed E-state index contributed by atoms with van der Waals surface area (Å²) in [5.74, 6) is 0. The molecule has 2 aromatic carbocycles. The fourth-order valence-corrected chi connectivity index (χ4v) is 6.27. The standard InChI is InChI=1S/C22H22S2/c1-21-15-13-20(24-18-11-7-4-8-12-18)22(21,2)16-14-19(21)23-17-9-5-3-6-10-17/h3-14H,15-16H2,1-2H3. The first-order chi connectivity index (χ1) is 11.6. The second-order valence-electron chi connectivity index (χ2n) is 7.04. The molecule has 0 radical (unpaired) electrons. The van der Waals surface area contributed by atoms with Gasteiger partial charge in [0.05, 0.1) is 0 Å². The van der Waals surface area contributed by atoms with E-state index in [9.17, 15) is 0 Å². The summed E-state index contributed by atoms with van der Waals surface area (Å²) in [7, 11) is 0. The van der Waals surface area contributed by atoms with E-state index in [4.69, 9.17) is 0 Å². The van der Waals surface area contributed by atoms with Gasteiger partial charge < -0.3 is 0 Å². The van der Waals surface area contributed by atoms with Crippen molar-refractivity contribution in [3.8, 4) is 0 Å². The summed E-state index contributed by atoms with van der Waals surface area (Å²) >= 11 is 3.90. The van der Waals surface area contributed by atoms with Gasteiger partial charge in [-0.1, -0.05) is 85.9 Å². The van der Waals surface area contributed by atoms with Gasteiger partial charge in [-0.3, -0.25) is 0 Å². The Labute approximate surface area is 153 Å². The van der Waals surface area contributed by atoms with Gasteiger partial charge in [-0.05, 0) is 46.9 Å². The third-order valence-corrected chi connectivity index (χ3v) is 8.33. The molecule has 122 valence electrons. The second-order valence-corrected chi connectivity index (χ2v) is 9.27. The smallest absolute Gasteiger partial charge is 0.0122 e. The Bertz CT molecular complexity index is 722. The third kappa shape index (κ3) is 2.57. The van der Waals surface area contributed by atoms with Gasteiger partial charge in [0.1, 0.15) is 0 Å². The molecule has 0 aliphatic heterocycles. The minimum Gasteiger partial charge on any atom is -0.0943 e. The molecule has 0 nitrogen and oxygen atoms in total. The lowest BCUT2D eigenvalue weighted by molar-refractivity contribution is 0.223. The predicted molar refractivity (Wildman–Crippen MR) is 106 cm³/mol. The van der Waals surface area contributed by atoms with Crippen LogP contribution in [0.4, 0.5) is 0 Å². The number of thioether (sulfide) groups is 2. The molecule has 0 saturated carbocycles. The van der Waals surface area contributed by atoms with E-state index in [0.29, 0.717) is 0 Å². The molecule has 2 heteroatoms. The van der Waals surface area contributed by atoms with E-state index in [2.05, 4.69) is 86.7 Å². The molecule has 0 saturated heterocycles. The van der Waals surface area contributed by atoms with Crippen LogP contribution in [0.2, 0.25) is 0 Å². The zero-order valence-electron chi connectivity index (χ0n) is 14.2. The molecule has 0 N–H and O–H groups in total. The van der Waals surface area contributed by atoms with Crippen LogP contribution in [0.3, 0.4) is 0 Å². The van der Waals surface area contributed by atoms with Crippen molar-refractivity contribution in [3.63, 3.8) is 0 Å². The molecule has 2 atom stereocenters. The molecule has 0 amide bonds. The van der Waals surface area contributed by atoms with Crippen molar-refractivity contribution in [3.05, 3.63) is 82.6 Å². The third-order valence-electron chi connectivity index (χ3n) is 5.64. The van der Waals surface area contributed by atoms with Gasteiger partial charge in [0.25, 0.3) is 0 Å². The van der Waals surface area contributed by atoms with Gasteiger partial charge in [-0.25, -0.2) is 0 Å². The van der Waals surface area contributed by atoms with Gasteiger partial charge in [0.15, 0.2) is 0 Å². The van der Waals surface area contributed by atoms with Crippen molar-refractivity contribution >= 4 is 23.5 Å². The van der Waals surface area contributed by atoms with Crippen LogP contribution >= 0.6 is 23.5 Å². The van der Waals surface area contributed by atoms with E-state index in [-0.39, 0.29) is 10.8 Å². The molecule has 2 aliphatic rings. The van der Waals surface area contributed by atoms with Gasteiger partial charge in [0.2, 0.25) is 0 Å². The molecule has 4 rings (SSSR count). The van der Waals surface area contributed by atoms with E-state index < -0.39 is 0 Å². The Morgan fingerprint density at radius 1 is 0.625 bits per heavy atom. The zero-order valence-corrected chi connectivity index (χ0v) is 15.8. The zero-order chi connectivity index (χ0) is 16.6. The van der Waals surface area contributed by atoms with Crippen molar-refractivity contribution in [2.45, 2.75) is 36.5 Å². The number of benzene rings is 2. The minimum absolute atomic E-state index is 0.227. The second kappa shape index (κ2) is 6.16. The first kappa shape index (κ1) is 16.1. The maximum atomic E-state index is 2.48. The number of rotatable bonds is 4. The monoisotopic (exact) mass is 350 g/mol. The van der Waals surface area contributed by atoms with Crippen LogP contribution < -0.4 is 0 Å². The average molecular weight is 351 g/mol. The number of hydrogen-bond acceptors (Lipinski definition) is 2. The first-order valence-corrected chi connectivity index (χ1v) is 10.1. The molecule has 0 bridgehead atoms. The molecule has 0 heterocycles. The molecular formula is C22H22S2. The highest BCUT2D eigenvalue weighted by molar-refractivity contribution is 8.03. The molecule has 2 aliphatic carbocycles. The van der Waals surface area contributed by atoms with Crippen LogP contribution in [0.15, 0.2) is 92.4 Å². The fraction of sp³-hybridized carbons (Fsp3) is 0.273. The van der Waals surface area contributed by atoms with E-state index in [0.717, 1.165) is 12.8 Å². The summed E-state index contributed by atoms with van der Waals surface area (Å²) in [6, 6.07) is 21.5. The predicted octanol–water partition coefficient (Wildman–Crippen LogP) is 7.16. The van der Waals surface area contributed by atoms with Crippen molar-refractivity contribution in [1.82, 2.24) is 0 Å². The minimum atomic E-state index is 0.227. The summed E-state index contributed by atoms with van der Waals surface area (Å²) in [6.07, 6.45) is 7.25. The summed E-state index contributed by atoms with van der Waals surface area (Å²) < 4.78 is 0. The van der Waals surface area contributed by atoms with Gasteiger partial charge >= 0.3 is 0 Å². The highest BCUT2D eigenvalue weighted by atomic mass is 32.2. The van der Waals surface area contributed by atoms with Crippen LogP contribution in [0.25, 0.3) is 0 Å². The van der Waals surface area contributed by atoms with Crippen molar-refractivity contribution in [2.75, 3.05) is 0 Å². The topological polar surface area (TPSA) is 0 Å². The molecule has 2 unspecified atom stereocenters. The fourth-order valence-electron chi connectivity index (χ4n) is 3.78. The van der Waals surface area contributed by atoms with Crippen LogP contribution in [0.1, 0.15) is 26.7 Å². The van der Waals surface area contributed by atoms with Crippen LogP contribution in [-0.4, -0.2) is 0 Å². The summed E-state index contributed by atoms with van der Waals surface area (Å²) in [5.41, 5.74) is 0.454. The Kier molecular flexibility index (Phi) is 4.14. The molecular weight excluding hydrogens is 328 g/mol. The largest absolute Gasteiger partial charge is 0.0943 e. The molecule has 0 aromatic heterocycles. The van der Waals surface area contributed by atoms with Crippen molar-refractivity contribution in [2.24, 2.45) is 10.8 Å². The summed E-state index contributed by atoms with van der Waals surface area (Å²) in [4.78, 5) is 5.77. The normalized spacial score (nSPS) is 28.4. The van der Waals surface area contributed by atoms with E-state index >= 15 is 0 Å². The Morgan fingerprint density at radius 3 is 1.38 bits per heavy atom. The van der Waals surface area contributed by atoms with E-state index in [1.807, 2.05) is 23.5 Å². The SMILES string of the molecule is CC12CC=C(Sc3ccccc3)C1(C)CC=C2Sc1ccccc1. The van der Waals surface area contributed by atoms with Crippen molar-refractivity contribution < 1.29 is 0 Å². The quantitative estimate of drug-likeness (QED) is 0.574. The maximum absolute atomic E-state index is 2.48. The summed E-state index contributed by atoms with van der Waals surface area (Å²) in [5, 5.41) is 0. The number of hydrogen-bond donors (Lipinski definition) is 0.